The lowest BCUT2D eigenvalue weighted by Gasteiger charge is -2.60. The second kappa shape index (κ2) is 23.6. The number of allylic oxidation sites excluding steroid dienone is 1. The molecule has 2 N–H and O–H groups in total. The van der Waals surface area contributed by atoms with Crippen LogP contribution in [0.25, 0.3) is 6.08 Å². The highest BCUT2D eigenvalue weighted by Gasteiger charge is 2.65. The van der Waals surface area contributed by atoms with Gasteiger partial charge >= 0.3 is 0 Å². The molecule has 13 nitrogen and oxygen atoms in total. The van der Waals surface area contributed by atoms with Crippen LogP contribution in [0, 0.1) is 33.7 Å². The third-order valence-electron chi connectivity index (χ3n) is 13.6. The number of non-ortho nitro benzene ring substituents is 1. The van der Waals surface area contributed by atoms with Crippen molar-refractivity contribution in [1.82, 2.24) is 4.90 Å². The van der Waals surface area contributed by atoms with Gasteiger partial charge in [-0.05, 0) is 120 Å². The van der Waals surface area contributed by atoms with Gasteiger partial charge in [0.1, 0.15) is 42.0 Å². The van der Waals surface area contributed by atoms with Crippen LogP contribution in [0.1, 0.15) is 83.5 Å². The molecule has 14 heteroatoms. The fourth-order valence-corrected chi connectivity index (χ4v) is 10.4. The number of aliphatic hydroxyl groups is 2. The summed E-state index contributed by atoms with van der Waals surface area (Å²) in [5, 5.41) is 36.5. The Morgan fingerprint density at radius 3 is 2.35 bits per heavy atom. The Labute approximate surface area is 412 Å². The van der Waals surface area contributed by atoms with Gasteiger partial charge in [-0.3, -0.25) is 19.7 Å². The molecule has 0 spiro atoms. The van der Waals surface area contributed by atoms with Crippen molar-refractivity contribution in [2.45, 2.75) is 75.8 Å². The van der Waals surface area contributed by atoms with Crippen molar-refractivity contribution >= 4 is 29.7 Å². The summed E-state index contributed by atoms with van der Waals surface area (Å²) < 4.78 is 35.5. The van der Waals surface area contributed by atoms with Crippen LogP contribution in [0.2, 0.25) is 0 Å². The van der Waals surface area contributed by atoms with E-state index >= 15 is 4.79 Å². The van der Waals surface area contributed by atoms with Crippen molar-refractivity contribution in [2.24, 2.45) is 22.9 Å². The van der Waals surface area contributed by atoms with Crippen LogP contribution in [0.5, 0.6) is 17.2 Å². The molecule has 0 aromatic heterocycles. The molecule has 8 rings (SSSR count). The number of nitro benzene ring substituents is 1. The molecule has 6 atom stereocenters. The predicted octanol–water partition coefficient (Wildman–Crippen LogP) is 10.9. The largest absolute Gasteiger partial charge is 0.459 e. The Bertz CT molecular complexity index is 2740. The van der Waals surface area contributed by atoms with Gasteiger partial charge in [-0.15, -0.1) is 6.58 Å². The van der Waals surface area contributed by atoms with Gasteiger partial charge in [-0.25, -0.2) is 4.39 Å². The molecular formula is C57H58FN3O10. The molecule has 5 aromatic rings. The maximum Gasteiger partial charge on any atom is 0.269 e. The maximum absolute atomic E-state index is 15.2. The Hall–Kier alpha value is -7.26. The van der Waals surface area contributed by atoms with Gasteiger partial charge in [-0.1, -0.05) is 84.7 Å². The summed E-state index contributed by atoms with van der Waals surface area (Å²) in [5.74, 6) is -2.13. The first-order valence-corrected chi connectivity index (χ1v) is 24.1. The number of hydrogen-bond donors (Lipinski definition) is 2. The van der Waals surface area contributed by atoms with E-state index in [4.69, 9.17) is 24.2 Å². The van der Waals surface area contributed by atoms with Gasteiger partial charge in [0.05, 0.1) is 23.2 Å². The summed E-state index contributed by atoms with van der Waals surface area (Å²) in [6.07, 6.45) is 11.9. The van der Waals surface area contributed by atoms with Crippen LogP contribution in [0.3, 0.4) is 0 Å². The summed E-state index contributed by atoms with van der Waals surface area (Å²) in [6.45, 7) is 4.29. The summed E-state index contributed by atoms with van der Waals surface area (Å²) in [7, 11) is 0. The first-order chi connectivity index (χ1) is 34.6. The standard InChI is InChI=1S/C57H58FN3O10/c1-2-31-68-57-53(60(36-40-17-22-44(58)23-18-40)54(65)28-21-39-19-24-45(25-20-39)61(66)67)35-51(59-69-38-41-11-4-3-5-12-41)49-33-43(14-6-8-29-62)48(16-7-9-30-63)55(56(49)57)50-34-47(26-27-52(50)71-57)70-46-15-10-13-42(32-46)37-64/h2-5,10-13,15,17-28,32-34,37,43,48,53,55-56,62-63H,1,6-9,14,16,29-31,35-36,38H2/t43-,48+,53-,55+,56+,57+/m0/s1. The number of halogens is 1. The topological polar surface area (TPSA) is 170 Å². The van der Waals surface area contributed by atoms with Gasteiger partial charge in [0.25, 0.3) is 5.69 Å². The molecule has 1 heterocycles. The third-order valence-corrected chi connectivity index (χ3v) is 13.6. The number of carbonyl (C=O) groups excluding carboxylic acids is 2. The Balaban J connectivity index is 1.34. The molecule has 5 aromatic carbocycles. The molecule has 3 aliphatic rings. The predicted molar refractivity (Wildman–Crippen MR) is 267 cm³/mol. The summed E-state index contributed by atoms with van der Waals surface area (Å²) >= 11 is 0. The van der Waals surface area contributed by atoms with Gasteiger partial charge in [-0.2, -0.15) is 0 Å². The average Bonchev–Trinajstić information content (AvgIpc) is 3.39. The van der Waals surface area contributed by atoms with E-state index in [1.807, 2.05) is 42.5 Å². The molecule has 1 fully saturated rings. The van der Waals surface area contributed by atoms with E-state index in [-0.39, 0.29) is 62.8 Å². The minimum absolute atomic E-state index is 0.00523. The van der Waals surface area contributed by atoms with Gasteiger partial charge in [0.2, 0.25) is 11.7 Å². The first kappa shape index (κ1) is 50.1. The van der Waals surface area contributed by atoms with Gasteiger partial charge < -0.3 is 34.2 Å². The lowest BCUT2D eigenvalue weighted by atomic mass is 9.55. The molecule has 0 radical (unpaired) electrons. The average molecular weight is 964 g/mol. The molecular weight excluding hydrogens is 906 g/mol. The van der Waals surface area contributed by atoms with E-state index < -0.39 is 34.4 Å². The zero-order chi connectivity index (χ0) is 49.7. The van der Waals surface area contributed by atoms with Crippen molar-refractivity contribution < 1.29 is 48.2 Å². The van der Waals surface area contributed by atoms with Crippen molar-refractivity contribution in [1.29, 1.82) is 0 Å². The number of ether oxygens (including phenoxy) is 3. The summed E-state index contributed by atoms with van der Waals surface area (Å²) in [4.78, 5) is 45.8. The lowest BCUT2D eigenvalue weighted by Crippen LogP contribution is -2.70. The number of benzene rings is 5. The minimum atomic E-state index is -1.61. The zero-order valence-corrected chi connectivity index (χ0v) is 39.4. The fourth-order valence-electron chi connectivity index (χ4n) is 10.4. The van der Waals surface area contributed by atoms with Crippen molar-refractivity contribution in [3.63, 3.8) is 0 Å². The summed E-state index contributed by atoms with van der Waals surface area (Å²) in [5.41, 5.74) is 4.71. The Morgan fingerprint density at radius 1 is 0.887 bits per heavy atom. The SMILES string of the molecule is C=CCO[C@@]12Oc3ccc(Oc4cccc(C=O)c4)cc3[C@H]3[C@H](CCCCO)[C@@H](CCCCO)C=C(C(=NOCc4ccccc4)C[C@@H]1N(Cc1ccc(F)cc1)C(=O)C=Cc1ccc([N+](=O)[O-])cc1)[C@H]32. The van der Waals surface area contributed by atoms with E-state index in [0.717, 1.165) is 35.8 Å². The second-order valence-corrected chi connectivity index (χ2v) is 18.1. The highest BCUT2D eigenvalue weighted by molar-refractivity contribution is 6.03. The van der Waals surface area contributed by atoms with Crippen molar-refractivity contribution in [3.05, 3.63) is 195 Å². The number of aldehydes is 1. The number of nitro groups is 1. The quantitative estimate of drug-likeness (QED) is 0.0160. The van der Waals surface area contributed by atoms with Gasteiger partial charge in [0.15, 0.2) is 0 Å². The monoisotopic (exact) mass is 963 g/mol. The number of carbonyl (C=O) groups is 2. The van der Waals surface area contributed by atoms with E-state index in [0.29, 0.717) is 65.3 Å². The molecule has 2 aliphatic carbocycles. The zero-order valence-electron chi connectivity index (χ0n) is 39.4. The van der Waals surface area contributed by atoms with Crippen LogP contribution < -0.4 is 9.47 Å². The molecule has 1 amide bonds. The smallest absolute Gasteiger partial charge is 0.269 e. The molecule has 0 unspecified atom stereocenters. The number of amides is 1. The second-order valence-electron chi connectivity index (χ2n) is 18.1. The normalized spacial score (nSPS) is 21.6. The highest BCUT2D eigenvalue weighted by Crippen LogP contribution is 2.62. The van der Waals surface area contributed by atoms with E-state index in [1.165, 1.54) is 30.3 Å². The number of fused-ring (bicyclic) bond motifs is 2. The minimum Gasteiger partial charge on any atom is -0.459 e. The number of unbranched alkanes of at least 4 members (excludes halogenated alkanes) is 2. The van der Waals surface area contributed by atoms with Crippen LogP contribution >= 0.6 is 0 Å². The number of rotatable bonds is 23. The van der Waals surface area contributed by atoms with Crippen LogP contribution in [-0.4, -0.2) is 69.6 Å². The van der Waals surface area contributed by atoms with Crippen LogP contribution in [0.15, 0.2) is 157 Å². The third kappa shape index (κ3) is 11.7. The van der Waals surface area contributed by atoms with E-state index in [2.05, 4.69) is 12.7 Å². The van der Waals surface area contributed by atoms with Crippen molar-refractivity contribution in [3.8, 4) is 17.2 Å². The van der Waals surface area contributed by atoms with Crippen molar-refractivity contribution in [2.75, 3.05) is 19.8 Å². The highest BCUT2D eigenvalue weighted by atomic mass is 19.1. The number of hydrogen-bond acceptors (Lipinski definition) is 11. The Morgan fingerprint density at radius 2 is 1.63 bits per heavy atom. The van der Waals surface area contributed by atoms with Crippen LogP contribution in [-0.2, 0) is 27.5 Å². The molecule has 71 heavy (non-hydrogen) atoms. The fraction of sp³-hybridized carbons (Fsp3) is 0.316. The number of oxime groups is 1. The molecule has 1 saturated carbocycles. The Kier molecular flexibility index (Phi) is 16.6. The first-order valence-electron chi connectivity index (χ1n) is 24.1. The van der Waals surface area contributed by atoms with E-state index in [9.17, 15) is 29.5 Å². The van der Waals surface area contributed by atoms with Crippen LogP contribution in [0.4, 0.5) is 10.1 Å². The molecule has 1 aliphatic heterocycles. The maximum atomic E-state index is 15.2. The van der Waals surface area contributed by atoms with E-state index in [1.54, 1.807) is 71.6 Å². The molecule has 0 saturated heterocycles. The number of nitrogens with zero attached hydrogens (tertiary/aromatic N) is 3. The summed E-state index contributed by atoms with van der Waals surface area (Å²) in [6, 6.07) is 33.0. The molecule has 368 valence electrons. The number of aliphatic hydroxyl groups excluding tert-OH is 2. The lowest BCUT2D eigenvalue weighted by molar-refractivity contribution is -0.384. The van der Waals surface area contributed by atoms with Gasteiger partial charge in [0, 0.05) is 61.4 Å². The molecule has 0 bridgehead atoms.